The molecule has 3 nitrogen and oxygen atoms in total. The number of unbranched alkanes of at least 4 members (excludes halogenated alkanes) is 4. The Labute approximate surface area is 74.3 Å². The Bertz CT molecular complexity index is 115. The third kappa shape index (κ3) is 7.54. The van der Waals surface area contributed by atoms with Crippen molar-refractivity contribution in [2.24, 2.45) is 5.73 Å². The van der Waals surface area contributed by atoms with Crippen LogP contribution in [-0.4, -0.2) is 19.1 Å². The summed E-state index contributed by atoms with van der Waals surface area (Å²) in [6, 6.07) is 0. The van der Waals surface area contributed by atoms with Crippen molar-refractivity contribution in [3.8, 4) is 0 Å². The van der Waals surface area contributed by atoms with Gasteiger partial charge in [0.25, 0.3) is 0 Å². The summed E-state index contributed by atoms with van der Waals surface area (Å²) < 4.78 is 4.81. The molecule has 0 unspecified atom stereocenters. The average molecular weight is 173 g/mol. The van der Waals surface area contributed by atoms with E-state index in [-0.39, 0.29) is 12.5 Å². The van der Waals surface area contributed by atoms with E-state index in [1.54, 1.807) is 0 Å². The first kappa shape index (κ1) is 11.4. The molecule has 0 rings (SSSR count). The second-order valence-corrected chi connectivity index (χ2v) is 2.84. The number of esters is 1. The van der Waals surface area contributed by atoms with E-state index in [0.29, 0.717) is 6.61 Å². The zero-order valence-electron chi connectivity index (χ0n) is 7.84. The van der Waals surface area contributed by atoms with E-state index >= 15 is 0 Å². The second kappa shape index (κ2) is 8.53. The van der Waals surface area contributed by atoms with E-state index in [2.05, 4.69) is 6.92 Å². The van der Waals surface area contributed by atoms with Crippen LogP contribution in [0.3, 0.4) is 0 Å². The zero-order valence-corrected chi connectivity index (χ0v) is 7.84. The highest BCUT2D eigenvalue weighted by molar-refractivity contribution is 5.71. The van der Waals surface area contributed by atoms with Crippen LogP contribution < -0.4 is 5.73 Å². The van der Waals surface area contributed by atoms with E-state index in [4.69, 9.17) is 10.5 Å². The third-order valence-electron chi connectivity index (χ3n) is 1.68. The minimum atomic E-state index is -0.300. The molecular weight excluding hydrogens is 154 g/mol. The first-order valence-corrected chi connectivity index (χ1v) is 4.67. The van der Waals surface area contributed by atoms with Crippen molar-refractivity contribution >= 4 is 5.97 Å². The number of nitrogens with two attached hydrogens (primary N) is 1. The molecule has 0 aliphatic carbocycles. The van der Waals surface area contributed by atoms with Crippen LogP contribution in [0.15, 0.2) is 0 Å². The fraction of sp³-hybridized carbons (Fsp3) is 0.889. The van der Waals surface area contributed by atoms with Gasteiger partial charge in [-0.25, -0.2) is 0 Å². The quantitative estimate of drug-likeness (QED) is 0.468. The van der Waals surface area contributed by atoms with Crippen molar-refractivity contribution in [1.82, 2.24) is 0 Å². The second-order valence-electron chi connectivity index (χ2n) is 2.84. The maximum Gasteiger partial charge on any atom is 0.319 e. The van der Waals surface area contributed by atoms with Gasteiger partial charge in [0, 0.05) is 0 Å². The summed E-state index contributed by atoms with van der Waals surface area (Å²) in [5.74, 6) is -0.300. The fourth-order valence-electron chi connectivity index (χ4n) is 0.951. The summed E-state index contributed by atoms with van der Waals surface area (Å²) in [7, 11) is 0. The molecule has 0 atom stereocenters. The largest absolute Gasteiger partial charge is 0.465 e. The highest BCUT2D eigenvalue weighted by Gasteiger charge is 1.96. The lowest BCUT2D eigenvalue weighted by molar-refractivity contribution is -0.142. The molecule has 0 heterocycles. The summed E-state index contributed by atoms with van der Waals surface area (Å²) >= 11 is 0. The zero-order chi connectivity index (χ0) is 9.23. The van der Waals surface area contributed by atoms with Crippen LogP contribution in [-0.2, 0) is 9.53 Å². The molecule has 0 saturated heterocycles. The average Bonchev–Trinajstić information content (AvgIpc) is 2.10. The van der Waals surface area contributed by atoms with Crippen molar-refractivity contribution in [3.63, 3.8) is 0 Å². The van der Waals surface area contributed by atoms with Crippen molar-refractivity contribution in [1.29, 1.82) is 0 Å². The van der Waals surface area contributed by atoms with Crippen LogP contribution in [0.5, 0.6) is 0 Å². The van der Waals surface area contributed by atoms with Gasteiger partial charge >= 0.3 is 5.97 Å². The van der Waals surface area contributed by atoms with E-state index in [0.717, 1.165) is 12.8 Å². The molecule has 3 heteroatoms. The van der Waals surface area contributed by atoms with Crippen molar-refractivity contribution < 1.29 is 9.53 Å². The lowest BCUT2D eigenvalue weighted by Crippen LogP contribution is -2.17. The molecule has 72 valence electrons. The van der Waals surface area contributed by atoms with Gasteiger partial charge in [-0.3, -0.25) is 4.79 Å². The Morgan fingerprint density at radius 2 is 1.92 bits per heavy atom. The SMILES string of the molecule is CCCCCCCOC(=O)CN. The Kier molecular flexibility index (Phi) is 8.12. The molecule has 0 aliphatic rings. The maximum atomic E-state index is 10.6. The van der Waals surface area contributed by atoms with Crippen LogP contribution in [0.1, 0.15) is 39.0 Å². The van der Waals surface area contributed by atoms with Gasteiger partial charge in [0.1, 0.15) is 0 Å². The topological polar surface area (TPSA) is 52.3 Å². The fourth-order valence-corrected chi connectivity index (χ4v) is 0.951. The van der Waals surface area contributed by atoms with Gasteiger partial charge in [-0.15, -0.1) is 0 Å². The number of carbonyl (C=O) groups is 1. The van der Waals surface area contributed by atoms with Crippen LogP contribution in [0.25, 0.3) is 0 Å². The molecule has 0 fully saturated rings. The predicted octanol–water partition coefficient (Wildman–Crippen LogP) is 1.46. The number of rotatable bonds is 7. The molecular formula is C9H19NO2. The van der Waals surface area contributed by atoms with Crippen molar-refractivity contribution in [2.45, 2.75) is 39.0 Å². The third-order valence-corrected chi connectivity index (χ3v) is 1.68. The van der Waals surface area contributed by atoms with Crippen LogP contribution in [0.4, 0.5) is 0 Å². The van der Waals surface area contributed by atoms with E-state index in [1.807, 2.05) is 0 Å². The van der Waals surface area contributed by atoms with Gasteiger partial charge < -0.3 is 10.5 Å². The standard InChI is InChI=1S/C9H19NO2/c1-2-3-4-5-6-7-12-9(11)8-10/h2-8,10H2,1H3. The van der Waals surface area contributed by atoms with Crippen molar-refractivity contribution in [3.05, 3.63) is 0 Å². The highest BCUT2D eigenvalue weighted by Crippen LogP contribution is 2.01. The molecule has 12 heavy (non-hydrogen) atoms. The Morgan fingerprint density at radius 1 is 1.25 bits per heavy atom. The van der Waals surface area contributed by atoms with E-state index in [1.165, 1.54) is 19.3 Å². The summed E-state index contributed by atoms with van der Waals surface area (Å²) in [6.45, 7) is 2.70. The number of ether oxygens (including phenoxy) is 1. The molecule has 0 aromatic rings. The van der Waals surface area contributed by atoms with E-state index in [9.17, 15) is 4.79 Å². The van der Waals surface area contributed by atoms with Gasteiger partial charge in [0.15, 0.2) is 0 Å². The normalized spacial score (nSPS) is 9.83. The summed E-state index contributed by atoms with van der Waals surface area (Å²) in [5, 5.41) is 0. The first-order chi connectivity index (χ1) is 5.81. The number of hydrogen-bond donors (Lipinski definition) is 1. The maximum absolute atomic E-state index is 10.6. The predicted molar refractivity (Wildman–Crippen MR) is 48.8 cm³/mol. The molecule has 0 aliphatic heterocycles. The summed E-state index contributed by atoms with van der Waals surface area (Å²) in [4.78, 5) is 10.6. The minimum absolute atomic E-state index is 0.00500. The highest BCUT2D eigenvalue weighted by atomic mass is 16.5. The van der Waals surface area contributed by atoms with Gasteiger partial charge in [0.05, 0.1) is 13.2 Å². The molecule has 0 aromatic heterocycles. The number of carbonyl (C=O) groups excluding carboxylic acids is 1. The van der Waals surface area contributed by atoms with E-state index < -0.39 is 0 Å². The van der Waals surface area contributed by atoms with Crippen LogP contribution in [0, 0.1) is 0 Å². The van der Waals surface area contributed by atoms with Gasteiger partial charge in [-0.2, -0.15) is 0 Å². The smallest absolute Gasteiger partial charge is 0.319 e. The van der Waals surface area contributed by atoms with Crippen molar-refractivity contribution in [2.75, 3.05) is 13.2 Å². The number of hydrogen-bond acceptors (Lipinski definition) is 3. The molecule has 0 saturated carbocycles. The Hall–Kier alpha value is -0.570. The molecule has 0 spiro atoms. The van der Waals surface area contributed by atoms with Crippen LogP contribution >= 0.6 is 0 Å². The molecule has 0 radical (unpaired) electrons. The molecule has 0 bridgehead atoms. The monoisotopic (exact) mass is 173 g/mol. The lowest BCUT2D eigenvalue weighted by Gasteiger charge is -2.02. The van der Waals surface area contributed by atoms with Crippen LogP contribution in [0.2, 0.25) is 0 Å². The summed E-state index contributed by atoms with van der Waals surface area (Å²) in [5.41, 5.74) is 5.06. The lowest BCUT2D eigenvalue weighted by atomic mass is 10.2. The summed E-state index contributed by atoms with van der Waals surface area (Å²) in [6.07, 6.45) is 5.85. The Morgan fingerprint density at radius 3 is 2.50 bits per heavy atom. The molecule has 0 amide bonds. The molecule has 2 N–H and O–H groups in total. The Balaban J connectivity index is 2.95. The molecule has 0 aromatic carbocycles. The minimum Gasteiger partial charge on any atom is -0.465 e. The van der Waals surface area contributed by atoms with Gasteiger partial charge in [0.2, 0.25) is 0 Å². The first-order valence-electron chi connectivity index (χ1n) is 4.67. The van der Waals surface area contributed by atoms with Gasteiger partial charge in [-0.1, -0.05) is 32.6 Å². The van der Waals surface area contributed by atoms with Gasteiger partial charge in [-0.05, 0) is 6.42 Å².